The van der Waals surface area contributed by atoms with Crippen LogP contribution in [0.3, 0.4) is 0 Å². The van der Waals surface area contributed by atoms with Gasteiger partial charge in [-0.3, -0.25) is 12.2 Å². The van der Waals surface area contributed by atoms with Crippen molar-refractivity contribution in [3.05, 3.63) is 238 Å². The number of rotatable bonds is 2. The Labute approximate surface area is 396 Å². The van der Waals surface area contributed by atoms with Gasteiger partial charge in [-0.05, 0) is 37.8 Å². The van der Waals surface area contributed by atoms with E-state index in [1.54, 1.807) is 0 Å². The fraction of sp³-hybridized carbons (Fsp3) is 0.179. The average Bonchev–Trinajstić information content (AvgIpc) is 4.08. The molecule has 0 fully saturated rings. The Morgan fingerprint density at radius 2 is 0.833 bits per heavy atom. The Balaban J connectivity index is 0.000000200. The second kappa shape index (κ2) is 26.4. The third-order valence-electron chi connectivity index (χ3n) is 9.77. The summed E-state index contributed by atoms with van der Waals surface area (Å²) in [6.07, 6.45) is 22.1. The summed E-state index contributed by atoms with van der Waals surface area (Å²) in [4.78, 5) is 0. The summed E-state index contributed by atoms with van der Waals surface area (Å²) >= 11 is 4.24. The van der Waals surface area contributed by atoms with Crippen LogP contribution in [0.15, 0.2) is 158 Å². The van der Waals surface area contributed by atoms with Crippen LogP contribution in [0.1, 0.15) is 82.3 Å². The van der Waals surface area contributed by atoms with Crippen molar-refractivity contribution in [3.8, 4) is 22.3 Å². The van der Waals surface area contributed by atoms with Gasteiger partial charge in [0.1, 0.15) is 0 Å². The summed E-state index contributed by atoms with van der Waals surface area (Å²) in [6.45, 7) is 12.8. The molecule has 10 rings (SSSR count). The Hall–Kier alpha value is -3.97. The van der Waals surface area contributed by atoms with Gasteiger partial charge < -0.3 is 24.8 Å². The van der Waals surface area contributed by atoms with E-state index in [-0.39, 0.29) is 24.8 Å². The van der Waals surface area contributed by atoms with E-state index in [1.165, 1.54) is 85.5 Å². The molecule has 60 heavy (non-hydrogen) atoms. The van der Waals surface area contributed by atoms with Gasteiger partial charge >= 0.3 is 133 Å². The van der Waals surface area contributed by atoms with Crippen molar-refractivity contribution in [3.63, 3.8) is 0 Å². The van der Waals surface area contributed by atoms with Gasteiger partial charge in [0.15, 0.2) is 0 Å². The molecular formula is C56H52Cl2Ti2-2. The van der Waals surface area contributed by atoms with Crippen molar-refractivity contribution >= 4 is 7.62 Å². The van der Waals surface area contributed by atoms with Crippen molar-refractivity contribution in [1.29, 1.82) is 0 Å². The molecule has 0 nitrogen and oxygen atoms in total. The Kier molecular flexibility index (Phi) is 22.2. The van der Waals surface area contributed by atoms with Crippen LogP contribution in [0.4, 0.5) is 0 Å². The Bertz CT molecular complexity index is 2140. The monoisotopic (exact) mass is 890 g/mol. The van der Waals surface area contributed by atoms with Crippen molar-refractivity contribution in [2.45, 2.75) is 67.2 Å². The molecule has 0 N–H and O–H groups in total. The molecule has 0 spiro atoms. The molecule has 0 atom stereocenters. The number of aryl methyl sites for hydroxylation is 4. The summed E-state index contributed by atoms with van der Waals surface area (Å²) in [5, 5.41) is 0. The maximum Gasteiger partial charge on any atom is -0.0253 e. The summed E-state index contributed by atoms with van der Waals surface area (Å²) in [5.41, 5.74) is 19.0. The zero-order valence-corrected chi connectivity index (χ0v) is 40.2. The number of hydrogen-bond acceptors (Lipinski definition) is 0. The summed E-state index contributed by atoms with van der Waals surface area (Å²) in [5.74, 6) is 0. The van der Waals surface area contributed by atoms with Gasteiger partial charge in [0.2, 0.25) is 0 Å². The van der Waals surface area contributed by atoms with Crippen LogP contribution in [-0.2, 0) is 52.8 Å². The molecule has 6 aromatic rings. The number of benzene rings is 6. The van der Waals surface area contributed by atoms with Crippen molar-refractivity contribution in [2.24, 2.45) is 0 Å². The zero-order valence-electron chi connectivity index (χ0n) is 35.6. The third kappa shape index (κ3) is 15.8. The largest absolute Gasteiger partial charge is 1.00 e. The SMILES string of the molecule is C[C](=[Ti+2])c1ccccc1.C[C](=[Ti+2])c1ccccc1.Cc1[c-]c2c(cc1)-c1ccc(C)cc1C2.Cc1[c-]c2c(cc1)-c1ccc(C)cc1C2.[C-]1=CC=CC1.[C-]1=CC=CC1.[Cl-].[Cl-]. The van der Waals surface area contributed by atoms with Gasteiger partial charge in [0.25, 0.3) is 0 Å². The van der Waals surface area contributed by atoms with E-state index < -0.39 is 0 Å². The molecular weight excluding hydrogens is 839 g/mol. The van der Waals surface area contributed by atoms with Crippen LogP contribution in [-0.4, -0.2) is 7.62 Å². The molecule has 0 saturated carbocycles. The van der Waals surface area contributed by atoms with Gasteiger partial charge in [-0.25, -0.2) is 24.3 Å². The minimum atomic E-state index is 0. The molecule has 4 aliphatic rings. The van der Waals surface area contributed by atoms with E-state index in [1.807, 2.05) is 36.4 Å². The van der Waals surface area contributed by atoms with E-state index in [9.17, 15) is 0 Å². The van der Waals surface area contributed by atoms with Crippen LogP contribution < -0.4 is 24.8 Å². The van der Waals surface area contributed by atoms with Crippen LogP contribution in [0, 0.1) is 52.0 Å². The number of fused-ring (bicyclic) bond motifs is 6. The van der Waals surface area contributed by atoms with E-state index in [2.05, 4.69) is 227 Å². The van der Waals surface area contributed by atoms with Crippen molar-refractivity contribution in [1.82, 2.24) is 0 Å². The molecule has 0 aliphatic heterocycles. The smallest absolute Gasteiger partial charge is 0.0253 e. The molecule has 0 amide bonds. The van der Waals surface area contributed by atoms with Gasteiger partial charge in [0.05, 0.1) is 0 Å². The van der Waals surface area contributed by atoms with E-state index in [0.717, 1.165) is 25.7 Å². The third-order valence-corrected chi connectivity index (χ3v) is 10.7. The summed E-state index contributed by atoms with van der Waals surface area (Å²) in [7, 11) is 0. The van der Waals surface area contributed by atoms with Crippen LogP contribution in [0.5, 0.6) is 0 Å². The first kappa shape index (κ1) is 50.4. The maximum absolute atomic E-state index is 3.45. The Morgan fingerprint density at radius 3 is 1.12 bits per heavy atom. The fourth-order valence-electron chi connectivity index (χ4n) is 6.80. The first-order valence-electron chi connectivity index (χ1n) is 20.0. The maximum atomic E-state index is 3.45. The predicted octanol–water partition coefficient (Wildman–Crippen LogP) is 7.52. The first-order valence-corrected chi connectivity index (χ1v) is 21.5. The van der Waals surface area contributed by atoms with E-state index >= 15 is 0 Å². The summed E-state index contributed by atoms with van der Waals surface area (Å²) in [6, 6.07) is 49.9. The minimum absolute atomic E-state index is 0. The van der Waals surface area contributed by atoms with Crippen molar-refractivity contribution in [2.75, 3.05) is 0 Å². The second-order valence-corrected chi connectivity index (χ2v) is 17.1. The van der Waals surface area contributed by atoms with Crippen LogP contribution in [0.25, 0.3) is 22.3 Å². The average molecular weight is 892 g/mol. The molecule has 0 heterocycles. The molecule has 6 aromatic carbocycles. The van der Waals surface area contributed by atoms with Crippen LogP contribution in [0.2, 0.25) is 0 Å². The first-order chi connectivity index (χ1) is 28.1. The minimum Gasteiger partial charge on any atom is -1.00 e. The van der Waals surface area contributed by atoms with Gasteiger partial charge in [-0.1, -0.05) is 72.5 Å². The number of halogens is 2. The van der Waals surface area contributed by atoms with Crippen LogP contribution >= 0.6 is 0 Å². The topological polar surface area (TPSA) is 0 Å². The summed E-state index contributed by atoms with van der Waals surface area (Å²) < 4.78 is 2.74. The molecule has 300 valence electrons. The zero-order chi connectivity index (χ0) is 41.3. The molecule has 0 radical (unpaired) electrons. The van der Waals surface area contributed by atoms with Gasteiger partial charge in [0, 0.05) is 0 Å². The molecule has 4 aliphatic carbocycles. The molecule has 0 saturated heterocycles. The van der Waals surface area contributed by atoms with E-state index in [4.69, 9.17) is 0 Å². The molecule has 0 bridgehead atoms. The Morgan fingerprint density at radius 1 is 0.467 bits per heavy atom. The van der Waals surface area contributed by atoms with Crippen molar-refractivity contribution < 1.29 is 64.8 Å². The van der Waals surface area contributed by atoms with Gasteiger partial charge in [-0.2, -0.15) is 59.7 Å². The molecule has 0 unspecified atom stereocenters. The molecule has 0 aromatic heterocycles. The standard InChI is InChI=1S/2C15H13.2C8H8.2C5H5.2ClH.2Ti/c2*1-10-3-5-14-12(7-10)9-13-8-11(2)4-6-15(13)14;2*1-2-8-6-4-3-5-7-8;2*1-2-4-5-3-1;;;;/h2*3-7H,9H2,1-2H3;2*3-7H,1H3;2*1-3H,4H2;2*1H;;/q2*-1;;;2*-1;;;2*+2/p-2. The predicted molar refractivity (Wildman–Crippen MR) is 242 cm³/mol. The molecule has 4 heteroatoms. The normalized spacial score (nSPS) is 11.9. The number of hydrogen-bond donors (Lipinski definition) is 0. The fourth-order valence-corrected chi connectivity index (χ4v) is 7.32. The second-order valence-electron chi connectivity index (χ2n) is 14.7. The van der Waals surface area contributed by atoms with E-state index in [0.29, 0.717) is 0 Å². The quantitative estimate of drug-likeness (QED) is 0.125. The number of allylic oxidation sites excluding steroid dienone is 8. The van der Waals surface area contributed by atoms with Gasteiger partial charge in [-0.15, -0.1) is 35.1 Å².